The molecule has 0 N–H and O–H groups in total. The molecular weight excluding hydrogens is 244 g/mol. The van der Waals surface area contributed by atoms with E-state index in [1.807, 2.05) is 28.8 Å². The van der Waals surface area contributed by atoms with E-state index >= 15 is 0 Å². The lowest BCUT2D eigenvalue weighted by Crippen LogP contribution is -1.99. The summed E-state index contributed by atoms with van der Waals surface area (Å²) in [6, 6.07) is 14.2. The number of imidazole rings is 1. The second-order valence-corrected chi connectivity index (χ2v) is 4.77. The van der Waals surface area contributed by atoms with E-state index in [0.29, 0.717) is 5.15 Å². The van der Waals surface area contributed by atoms with Gasteiger partial charge < -0.3 is 0 Å². The largest absolute Gasteiger partial charge is 0.287 e. The molecule has 0 saturated heterocycles. The van der Waals surface area contributed by atoms with E-state index in [-0.39, 0.29) is 0 Å². The number of fused-ring (bicyclic) bond motifs is 1. The van der Waals surface area contributed by atoms with Crippen molar-refractivity contribution in [3.8, 4) is 0 Å². The van der Waals surface area contributed by atoms with Crippen LogP contribution in [0.2, 0.25) is 5.15 Å². The zero-order valence-corrected chi connectivity index (χ0v) is 10.9. The maximum atomic E-state index is 6.23. The number of nitrogens with zero attached hydrogens (tertiary/aromatic N) is 2. The molecule has 3 rings (SSSR count). The summed E-state index contributed by atoms with van der Waals surface area (Å²) >= 11 is 6.23. The molecule has 0 atom stereocenters. The Hall–Kier alpha value is -1.80. The van der Waals surface area contributed by atoms with Crippen molar-refractivity contribution in [1.82, 2.24) is 9.38 Å². The maximum Gasteiger partial charge on any atom is 0.118 e. The third kappa shape index (κ3) is 1.89. The molecule has 0 spiro atoms. The summed E-state index contributed by atoms with van der Waals surface area (Å²) in [5.41, 5.74) is 3.59. The minimum Gasteiger partial charge on any atom is -0.287 e. The fourth-order valence-corrected chi connectivity index (χ4v) is 2.44. The van der Waals surface area contributed by atoms with Crippen molar-refractivity contribution in [1.29, 1.82) is 0 Å². The number of aromatic nitrogens is 2. The van der Waals surface area contributed by atoms with Gasteiger partial charge in [-0.05, 0) is 30.2 Å². The Balaban J connectivity index is 2.09. The lowest BCUT2D eigenvalue weighted by molar-refractivity contribution is 0.955. The van der Waals surface area contributed by atoms with Crippen LogP contribution in [0.1, 0.15) is 17.0 Å². The van der Waals surface area contributed by atoms with E-state index in [4.69, 9.17) is 11.6 Å². The van der Waals surface area contributed by atoms with Gasteiger partial charge in [-0.2, -0.15) is 0 Å². The van der Waals surface area contributed by atoms with Crippen molar-refractivity contribution in [3.63, 3.8) is 0 Å². The quantitative estimate of drug-likeness (QED) is 0.636. The first-order valence-electron chi connectivity index (χ1n) is 5.91. The molecule has 0 aliphatic rings. The van der Waals surface area contributed by atoms with Crippen LogP contribution >= 0.6 is 11.6 Å². The number of aryl methyl sites for hydroxylation is 1. The first kappa shape index (κ1) is 11.3. The molecule has 1 aromatic carbocycles. The number of hydrogen-bond acceptors (Lipinski definition) is 1. The van der Waals surface area contributed by atoms with E-state index < -0.39 is 0 Å². The van der Waals surface area contributed by atoms with E-state index in [2.05, 4.69) is 36.2 Å². The highest BCUT2D eigenvalue weighted by molar-refractivity contribution is 6.29. The number of rotatable bonds is 2. The minimum absolute atomic E-state index is 0.702. The predicted molar refractivity (Wildman–Crippen MR) is 74.2 cm³/mol. The Bertz CT molecular complexity index is 701. The van der Waals surface area contributed by atoms with Gasteiger partial charge in [-0.25, -0.2) is 4.98 Å². The van der Waals surface area contributed by atoms with Crippen molar-refractivity contribution >= 4 is 17.1 Å². The average Bonchev–Trinajstić information content (AvgIpc) is 2.77. The Morgan fingerprint density at radius 3 is 2.78 bits per heavy atom. The van der Waals surface area contributed by atoms with E-state index in [0.717, 1.165) is 17.8 Å². The van der Waals surface area contributed by atoms with Crippen molar-refractivity contribution in [2.75, 3.05) is 0 Å². The van der Waals surface area contributed by atoms with E-state index in [1.54, 1.807) is 0 Å². The molecule has 0 unspecified atom stereocenters. The van der Waals surface area contributed by atoms with Crippen LogP contribution < -0.4 is 0 Å². The molecule has 3 heteroatoms. The van der Waals surface area contributed by atoms with Gasteiger partial charge in [-0.15, -0.1) is 0 Å². The van der Waals surface area contributed by atoms with Crippen molar-refractivity contribution in [2.24, 2.45) is 0 Å². The van der Waals surface area contributed by atoms with Crippen molar-refractivity contribution < 1.29 is 0 Å². The Labute approximate surface area is 111 Å². The molecule has 0 fully saturated rings. The Morgan fingerprint density at radius 2 is 1.94 bits per heavy atom. The summed E-state index contributed by atoms with van der Waals surface area (Å²) in [5, 5.41) is 0.702. The standard InChI is InChI=1S/C15H13ClN2/c1-11-5-2-3-6-12(11)9-15-17-10-13-7-4-8-14(16)18(13)15/h2-8,10H,9H2,1H3. The van der Waals surface area contributed by atoms with Gasteiger partial charge >= 0.3 is 0 Å². The fourth-order valence-electron chi connectivity index (χ4n) is 2.17. The second kappa shape index (κ2) is 4.46. The summed E-state index contributed by atoms with van der Waals surface area (Å²) in [6.45, 7) is 2.12. The van der Waals surface area contributed by atoms with Crippen LogP contribution in [0.15, 0.2) is 48.7 Å². The highest BCUT2D eigenvalue weighted by atomic mass is 35.5. The van der Waals surface area contributed by atoms with Crippen molar-refractivity contribution in [3.05, 3.63) is 70.8 Å². The molecule has 90 valence electrons. The van der Waals surface area contributed by atoms with Gasteiger partial charge in [0, 0.05) is 6.42 Å². The van der Waals surface area contributed by atoms with E-state index in [1.165, 1.54) is 11.1 Å². The molecule has 0 aliphatic carbocycles. The number of halogens is 1. The van der Waals surface area contributed by atoms with Gasteiger partial charge in [0.15, 0.2) is 0 Å². The van der Waals surface area contributed by atoms with Crippen LogP contribution in [0.5, 0.6) is 0 Å². The van der Waals surface area contributed by atoms with Gasteiger partial charge in [-0.1, -0.05) is 41.9 Å². The minimum atomic E-state index is 0.702. The first-order valence-corrected chi connectivity index (χ1v) is 6.29. The highest BCUT2D eigenvalue weighted by Crippen LogP contribution is 2.19. The number of benzene rings is 1. The van der Waals surface area contributed by atoms with Crippen LogP contribution in [0.25, 0.3) is 5.52 Å². The third-order valence-electron chi connectivity index (χ3n) is 3.19. The van der Waals surface area contributed by atoms with Crippen LogP contribution in [-0.2, 0) is 6.42 Å². The first-order chi connectivity index (χ1) is 8.75. The molecule has 0 radical (unpaired) electrons. The molecule has 2 aromatic heterocycles. The van der Waals surface area contributed by atoms with Crippen LogP contribution in [-0.4, -0.2) is 9.38 Å². The Morgan fingerprint density at radius 1 is 1.11 bits per heavy atom. The predicted octanol–water partition coefficient (Wildman–Crippen LogP) is 3.89. The fraction of sp³-hybridized carbons (Fsp3) is 0.133. The second-order valence-electron chi connectivity index (χ2n) is 4.39. The summed E-state index contributed by atoms with van der Waals surface area (Å²) < 4.78 is 1.99. The molecule has 0 aliphatic heterocycles. The lowest BCUT2D eigenvalue weighted by atomic mass is 10.1. The van der Waals surface area contributed by atoms with Crippen LogP contribution in [0.4, 0.5) is 0 Å². The number of pyridine rings is 1. The Kier molecular flexibility index (Phi) is 2.80. The van der Waals surface area contributed by atoms with Gasteiger partial charge in [0.25, 0.3) is 0 Å². The maximum absolute atomic E-state index is 6.23. The lowest BCUT2D eigenvalue weighted by Gasteiger charge is -2.06. The van der Waals surface area contributed by atoms with Gasteiger partial charge in [-0.3, -0.25) is 4.40 Å². The number of hydrogen-bond donors (Lipinski definition) is 0. The van der Waals surface area contributed by atoms with Crippen molar-refractivity contribution in [2.45, 2.75) is 13.3 Å². The van der Waals surface area contributed by atoms with Crippen LogP contribution in [0.3, 0.4) is 0 Å². The normalized spacial score (nSPS) is 11.0. The van der Waals surface area contributed by atoms with Gasteiger partial charge in [0.2, 0.25) is 0 Å². The highest BCUT2D eigenvalue weighted by Gasteiger charge is 2.08. The summed E-state index contributed by atoms with van der Waals surface area (Å²) in [4.78, 5) is 4.47. The van der Waals surface area contributed by atoms with E-state index in [9.17, 15) is 0 Å². The summed E-state index contributed by atoms with van der Waals surface area (Å²) in [6.07, 6.45) is 2.66. The summed E-state index contributed by atoms with van der Waals surface area (Å²) in [5.74, 6) is 0.977. The third-order valence-corrected chi connectivity index (χ3v) is 3.48. The molecular formula is C15H13ClN2. The molecule has 3 aromatic rings. The topological polar surface area (TPSA) is 17.3 Å². The SMILES string of the molecule is Cc1ccccc1Cc1ncc2cccc(Cl)n12. The van der Waals surface area contributed by atoms with Gasteiger partial charge in [0.05, 0.1) is 11.7 Å². The van der Waals surface area contributed by atoms with Gasteiger partial charge in [0.1, 0.15) is 11.0 Å². The summed E-state index contributed by atoms with van der Waals surface area (Å²) in [7, 11) is 0. The molecule has 0 saturated carbocycles. The molecule has 0 amide bonds. The molecule has 2 nitrogen and oxygen atoms in total. The monoisotopic (exact) mass is 256 g/mol. The molecule has 18 heavy (non-hydrogen) atoms. The zero-order chi connectivity index (χ0) is 12.5. The average molecular weight is 257 g/mol. The van der Waals surface area contributed by atoms with Crippen LogP contribution in [0, 0.1) is 6.92 Å². The molecule has 2 heterocycles. The zero-order valence-electron chi connectivity index (χ0n) is 10.1. The smallest absolute Gasteiger partial charge is 0.118 e. The molecule has 0 bridgehead atoms.